The third-order valence-corrected chi connectivity index (χ3v) is 3.47. The second-order valence-corrected chi connectivity index (χ2v) is 5.03. The molecule has 1 atom stereocenters. The number of aliphatic carboxylic acids is 1. The van der Waals surface area contributed by atoms with Crippen LogP contribution in [0.15, 0.2) is 33.9 Å². The number of oxazole rings is 1. The predicted molar refractivity (Wildman–Crippen MR) is 76.2 cm³/mol. The molecule has 0 saturated heterocycles. The number of benzene rings is 1. The normalized spacial score (nSPS) is 12.2. The Kier molecular flexibility index (Phi) is 5.18. The number of methoxy groups -OCH3 is 1. The van der Waals surface area contributed by atoms with Gasteiger partial charge in [0.25, 0.3) is 5.22 Å². The Balaban J connectivity index is 1.82. The molecule has 2 N–H and O–H groups in total. The molecular formula is C13H14N2O5S. The van der Waals surface area contributed by atoms with E-state index in [4.69, 9.17) is 14.3 Å². The van der Waals surface area contributed by atoms with Crippen molar-refractivity contribution in [2.75, 3.05) is 19.4 Å². The largest absolute Gasteiger partial charge is 0.479 e. The minimum atomic E-state index is -1.12. The molecule has 2 aromatic rings. The van der Waals surface area contributed by atoms with Crippen LogP contribution in [0, 0.1) is 0 Å². The lowest BCUT2D eigenvalue weighted by Gasteiger charge is -2.10. The SMILES string of the molecule is COC(CNC(=O)CSc1nc2ccccc2o1)C(=O)O. The molecule has 2 rings (SSSR count). The lowest BCUT2D eigenvalue weighted by molar-refractivity contribution is -0.148. The first-order valence-corrected chi connectivity index (χ1v) is 7.09. The number of carbonyl (C=O) groups excluding carboxylic acids is 1. The van der Waals surface area contributed by atoms with Crippen LogP contribution >= 0.6 is 11.8 Å². The number of nitrogens with zero attached hydrogens (tertiary/aromatic N) is 1. The van der Waals surface area contributed by atoms with Crippen LogP contribution in [-0.2, 0) is 14.3 Å². The summed E-state index contributed by atoms with van der Waals surface area (Å²) in [5.74, 6) is -1.35. The lowest BCUT2D eigenvalue weighted by Crippen LogP contribution is -2.38. The predicted octanol–water partition coefficient (Wildman–Crippen LogP) is 1.14. The summed E-state index contributed by atoms with van der Waals surface area (Å²) in [5, 5.41) is 11.6. The molecule has 112 valence electrons. The molecule has 1 heterocycles. The van der Waals surface area contributed by atoms with E-state index in [2.05, 4.69) is 10.3 Å². The standard InChI is InChI=1S/C13H14N2O5S/c1-19-10(12(17)18)6-14-11(16)7-21-13-15-8-4-2-3-5-9(8)20-13/h2-5,10H,6-7H2,1H3,(H,14,16)(H,17,18). The number of aromatic nitrogens is 1. The first-order chi connectivity index (χ1) is 10.1. The van der Waals surface area contributed by atoms with Crippen molar-refractivity contribution in [2.24, 2.45) is 0 Å². The van der Waals surface area contributed by atoms with Crippen molar-refractivity contribution in [3.63, 3.8) is 0 Å². The second kappa shape index (κ2) is 7.09. The van der Waals surface area contributed by atoms with Gasteiger partial charge in [-0.3, -0.25) is 4.79 Å². The molecule has 1 aromatic heterocycles. The van der Waals surface area contributed by atoms with Gasteiger partial charge in [-0.2, -0.15) is 0 Å². The van der Waals surface area contributed by atoms with Gasteiger partial charge in [0.2, 0.25) is 5.91 Å². The number of ether oxygens (including phenoxy) is 1. The molecule has 0 bridgehead atoms. The van der Waals surface area contributed by atoms with Crippen molar-refractivity contribution in [3.05, 3.63) is 24.3 Å². The average Bonchev–Trinajstić information content (AvgIpc) is 2.88. The quantitative estimate of drug-likeness (QED) is 0.739. The average molecular weight is 310 g/mol. The number of rotatable bonds is 7. The van der Waals surface area contributed by atoms with E-state index in [0.717, 1.165) is 17.3 Å². The fourth-order valence-electron chi connectivity index (χ4n) is 1.57. The maximum Gasteiger partial charge on any atom is 0.334 e. The number of hydrogen-bond acceptors (Lipinski definition) is 6. The number of carboxylic acid groups (broad SMARTS) is 1. The molecule has 0 fully saturated rings. The van der Waals surface area contributed by atoms with E-state index in [9.17, 15) is 9.59 Å². The molecule has 1 aromatic carbocycles. The summed E-state index contributed by atoms with van der Waals surface area (Å²) in [7, 11) is 1.28. The molecule has 1 amide bonds. The Bertz CT molecular complexity index is 609. The van der Waals surface area contributed by atoms with Crippen LogP contribution in [0.2, 0.25) is 0 Å². The zero-order chi connectivity index (χ0) is 15.2. The molecule has 1 unspecified atom stereocenters. The number of hydrogen-bond donors (Lipinski definition) is 2. The molecule has 21 heavy (non-hydrogen) atoms. The summed E-state index contributed by atoms with van der Waals surface area (Å²) in [6.07, 6.45) is -1.05. The van der Waals surface area contributed by atoms with Crippen molar-refractivity contribution in [1.29, 1.82) is 0 Å². The number of para-hydroxylation sites is 2. The summed E-state index contributed by atoms with van der Waals surface area (Å²) in [4.78, 5) is 26.6. The van der Waals surface area contributed by atoms with Gasteiger partial charge in [-0.1, -0.05) is 23.9 Å². The Morgan fingerprint density at radius 1 is 1.48 bits per heavy atom. The Morgan fingerprint density at radius 2 is 2.24 bits per heavy atom. The van der Waals surface area contributed by atoms with Crippen molar-refractivity contribution in [1.82, 2.24) is 10.3 Å². The van der Waals surface area contributed by atoms with E-state index in [1.54, 1.807) is 6.07 Å². The molecule has 0 aliphatic carbocycles. The van der Waals surface area contributed by atoms with Gasteiger partial charge in [0, 0.05) is 7.11 Å². The molecule has 0 spiro atoms. The Hall–Kier alpha value is -2.06. The number of carboxylic acids is 1. The highest BCUT2D eigenvalue weighted by Gasteiger charge is 2.17. The molecule has 0 aliphatic rings. The van der Waals surface area contributed by atoms with Crippen LogP contribution in [0.3, 0.4) is 0 Å². The summed E-state index contributed by atoms with van der Waals surface area (Å²) >= 11 is 1.14. The van der Waals surface area contributed by atoms with Gasteiger partial charge in [0.15, 0.2) is 11.7 Å². The molecule has 8 heteroatoms. The van der Waals surface area contributed by atoms with Crippen LogP contribution in [0.1, 0.15) is 0 Å². The van der Waals surface area contributed by atoms with Crippen molar-refractivity contribution in [3.8, 4) is 0 Å². The highest BCUT2D eigenvalue weighted by atomic mass is 32.2. The van der Waals surface area contributed by atoms with E-state index in [-0.39, 0.29) is 18.2 Å². The fraction of sp³-hybridized carbons (Fsp3) is 0.308. The summed E-state index contributed by atoms with van der Waals surface area (Å²) in [6, 6.07) is 7.30. The van der Waals surface area contributed by atoms with Crippen LogP contribution in [-0.4, -0.2) is 47.5 Å². The zero-order valence-electron chi connectivity index (χ0n) is 11.2. The number of thioether (sulfide) groups is 1. The molecule has 0 radical (unpaired) electrons. The van der Waals surface area contributed by atoms with Gasteiger partial charge in [0.1, 0.15) is 5.52 Å². The first kappa shape index (κ1) is 15.3. The van der Waals surface area contributed by atoms with Crippen LogP contribution in [0.4, 0.5) is 0 Å². The van der Waals surface area contributed by atoms with E-state index in [0.29, 0.717) is 10.8 Å². The minimum absolute atomic E-state index is 0.0845. The van der Waals surface area contributed by atoms with E-state index < -0.39 is 12.1 Å². The zero-order valence-corrected chi connectivity index (χ0v) is 12.1. The van der Waals surface area contributed by atoms with E-state index in [1.807, 2.05) is 18.2 Å². The van der Waals surface area contributed by atoms with Gasteiger partial charge in [-0.25, -0.2) is 9.78 Å². The van der Waals surface area contributed by atoms with Gasteiger partial charge < -0.3 is 19.6 Å². The van der Waals surface area contributed by atoms with Crippen molar-refractivity contribution >= 4 is 34.7 Å². The summed E-state index contributed by atoms with van der Waals surface area (Å²) in [6.45, 7) is -0.0845. The third-order valence-electron chi connectivity index (χ3n) is 2.65. The second-order valence-electron chi connectivity index (χ2n) is 4.10. The lowest BCUT2D eigenvalue weighted by atomic mass is 10.3. The smallest absolute Gasteiger partial charge is 0.334 e. The van der Waals surface area contributed by atoms with Crippen LogP contribution in [0.25, 0.3) is 11.1 Å². The van der Waals surface area contributed by atoms with Crippen molar-refractivity contribution in [2.45, 2.75) is 11.3 Å². The van der Waals surface area contributed by atoms with Crippen LogP contribution < -0.4 is 5.32 Å². The highest BCUT2D eigenvalue weighted by Crippen LogP contribution is 2.22. The number of carbonyl (C=O) groups is 2. The topological polar surface area (TPSA) is 102 Å². The van der Waals surface area contributed by atoms with Crippen LogP contribution in [0.5, 0.6) is 0 Å². The minimum Gasteiger partial charge on any atom is -0.479 e. The number of amides is 1. The Labute approximate surface area is 124 Å². The van der Waals surface area contributed by atoms with Gasteiger partial charge >= 0.3 is 5.97 Å². The van der Waals surface area contributed by atoms with Gasteiger partial charge in [0.05, 0.1) is 12.3 Å². The highest BCUT2D eigenvalue weighted by molar-refractivity contribution is 7.99. The summed E-state index contributed by atoms with van der Waals surface area (Å²) in [5.41, 5.74) is 1.39. The summed E-state index contributed by atoms with van der Waals surface area (Å²) < 4.78 is 10.2. The first-order valence-electron chi connectivity index (χ1n) is 6.11. The molecular weight excluding hydrogens is 296 g/mol. The Morgan fingerprint density at radius 3 is 2.90 bits per heavy atom. The monoisotopic (exact) mass is 310 g/mol. The molecule has 7 nitrogen and oxygen atoms in total. The van der Waals surface area contributed by atoms with E-state index >= 15 is 0 Å². The maximum atomic E-state index is 11.6. The number of nitrogens with one attached hydrogen (secondary N) is 1. The molecule has 0 aliphatic heterocycles. The molecule has 0 saturated carbocycles. The fourth-order valence-corrected chi connectivity index (χ4v) is 2.24. The van der Waals surface area contributed by atoms with Gasteiger partial charge in [-0.05, 0) is 12.1 Å². The van der Waals surface area contributed by atoms with Gasteiger partial charge in [-0.15, -0.1) is 0 Å². The maximum absolute atomic E-state index is 11.6. The third kappa shape index (κ3) is 4.20. The number of fused-ring (bicyclic) bond motifs is 1. The van der Waals surface area contributed by atoms with Crippen molar-refractivity contribution < 1.29 is 23.8 Å². The van der Waals surface area contributed by atoms with E-state index in [1.165, 1.54) is 7.11 Å².